The predicted octanol–water partition coefficient (Wildman–Crippen LogP) is 1.31. The van der Waals surface area contributed by atoms with Crippen molar-refractivity contribution in [1.82, 2.24) is 19.9 Å². The SMILES string of the molecule is O=c1cccc(-c2nc3ccncc3[nH]2)[nH]1. The summed E-state index contributed by atoms with van der Waals surface area (Å²) in [5, 5.41) is 0. The summed E-state index contributed by atoms with van der Waals surface area (Å²) in [7, 11) is 0. The van der Waals surface area contributed by atoms with Gasteiger partial charge in [0.1, 0.15) is 0 Å². The molecule has 3 aromatic heterocycles. The number of hydrogen-bond donors (Lipinski definition) is 2. The Kier molecular flexibility index (Phi) is 1.83. The zero-order valence-electron chi connectivity index (χ0n) is 8.27. The van der Waals surface area contributed by atoms with Crippen LogP contribution in [0.2, 0.25) is 0 Å². The molecule has 3 rings (SSSR count). The first-order chi connectivity index (χ1) is 7.83. The zero-order valence-corrected chi connectivity index (χ0v) is 8.27. The molecule has 0 spiro atoms. The number of nitrogens with zero attached hydrogens (tertiary/aromatic N) is 2. The first kappa shape index (κ1) is 8.84. The highest BCUT2D eigenvalue weighted by Crippen LogP contribution is 2.16. The van der Waals surface area contributed by atoms with Crippen molar-refractivity contribution in [2.45, 2.75) is 0 Å². The number of aromatic amines is 2. The Morgan fingerprint density at radius 3 is 2.88 bits per heavy atom. The Hall–Kier alpha value is -2.43. The van der Waals surface area contributed by atoms with E-state index in [9.17, 15) is 4.79 Å². The standard InChI is InChI=1S/C11H8N4O/c16-10-3-1-2-8(13-10)11-14-7-4-5-12-6-9(7)15-11/h1-6H,(H,13,16)(H,14,15). The van der Waals surface area contributed by atoms with E-state index in [1.54, 1.807) is 24.5 Å². The van der Waals surface area contributed by atoms with Gasteiger partial charge < -0.3 is 9.97 Å². The minimum Gasteiger partial charge on any atom is -0.335 e. The van der Waals surface area contributed by atoms with Crippen LogP contribution < -0.4 is 5.56 Å². The van der Waals surface area contributed by atoms with Gasteiger partial charge in [-0.05, 0) is 12.1 Å². The van der Waals surface area contributed by atoms with Crippen molar-refractivity contribution in [2.24, 2.45) is 0 Å². The van der Waals surface area contributed by atoms with E-state index in [0.717, 1.165) is 11.0 Å². The van der Waals surface area contributed by atoms with Crippen LogP contribution >= 0.6 is 0 Å². The van der Waals surface area contributed by atoms with Crippen molar-refractivity contribution in [2.75, 3.05) is 0 Å². The second kappa shape index (κ2) is 3.30. The fourth-order valence-electron chi connectivity index (χ4n) is 1.57. The normalized spacial score (nSPS) is 10.8. The van der Waals surface area contributed by atoms with Crippen molar-refractivity contribution < 1.29 is 0 Å². The number of rotatable bonds is 1. The molecule has 5 heteroatoms. The lowest BCUT2D eigenvalue weighted by molar-refractivity contribution is 1.19. The topological polar surface area (TPSA) is 74.4 Å². The Bertz CT molecular complexity index is 665. The van der Waals surface area contributed by atoms with E-state index in [4.69, 9.17) is 0 Å². The fraction of sp³-hybridized carbons (Fsp3) is 0. The average molecular weight is 212 g/mol. The lowest BCUT2D eigenvalue weighted by Gasteiger charge is -1.93. The zero-order chi connectivity index (χ0) is 11.0. The number of fused-ring (bicyclic) bond motifs is 1. The van der Waals surface area contributed by atoms with Crippen LogP contribution in [-0.4, -0.2) is 19.9 Å². The highest BCUT2D eigenvalue weighted by molar-refractivity contribution is 5.77. The van der Waals surface area contributed by atoms with Gasteiger partial charge in [-0.25, -0.2) is 4.98 Å². The molecule has 0 aliphatic heterocycles. The molecule has 0 atom stereocenters. The minimum absolute atomic E-state index is 0.143. The van der Waals surface area contributed by atoms with Crippen LogP contribution in [-0.2, 0) is 0 Å². The molecular formula is C11H8N4O. The van der Waals surface area contributed by atoms with Gasteiger partial charge in [-0.3, -0.25) is 9.78 Å². The summed E-state index contributed by atoms with van der Waals surface area (Å²) in [6, 6.07) is 6.77. The van der Waals surface area contributed by atoms with Gasteiger partial charge >= 0.3 is 0 Å². The largest absolute Gasteiger partial charge is 0.335 e. The third-order valence-corrected chi connectivity index (χ3v) is 2.31. The van der Waals surface area contributed by atoms with E-state index < -0.39 is 0 Å². The van der Waals surface area contributed by atoms with Gasteiger partial charge in [-0.1, -0.05) is 6.07 Å². The highest BCUT2D eigenvalue weighted by Gasteiger charge is 2.04. The summed E-state index contributed by atoms with van der Waals surface area (Å²) in [5.74, 6) is 0.640. The van der Waals surface area contributed by atoms with Crippen LogP contribution in [0.3, 0.4) is 0 Å². The third-order valence-electron chi connectivity index (χ3n) is 2.31. The van der Waals surface area contributed by atoms with Crippen molar-refractivity contribution in [3.63, 3.8) is 0 Å². The van der Waals surface area contributed by atoms with Gasteiger partial charge in [0.15, 0.2) is 5.82 Å². The molecule has 78 valence electrons. The van der Waals surface area contributed by atoms with E-state index in [-0.39, 0.29) is 5.56 Å². The second-order valence-corrected chi connectivity index (χ2v) is 3.41. The van der Waals surface area contributed by atoms with Crippen molar-refractivity contribution in [3.05, 3.63) is 47.0 Å². The maximum atomic E-state index is 11.2. The fourth-order valence-corrected chi connectivity index (χ4v) is 1.57. The molecule has 0 aliphatic rings. The first-order valence-electron chi connectivity index (χ1n) is 4.82. The van der Waals surface area contributed by atoms with Gasteiger partial charge in [-0.2, -0.15) is 0 Å². The van der Waals surface area contributed by atoms with E-state index in [0.29, 0.717) is 11.5 Å². The highest BCUT2D eigenvalue weighted by atomic mass is 16.1. The molecule has 0 saturated heterocycles. The van der Waals surface area contributed by atoms with Gasteiger partial charge in [-0.15, -0.1) is 0 Å². The molecular weight excluding hydrogens is 204 g/mol. The smallest absolute Gasteiger partial charge is 0.248 e. The van der Waals surface area contributed by atoms with Crippen LogP contribution in [0.25, 0.3) is 22.6 Å². The lowest BCUT2D eigenvalue weighted by atomic mass is 10.3. The number of imidazole rings is 1. The summed E-state index contributed by atoms with van der Waals surface area (Å²) in [6.45, 7) is 0. The number of hydrogen-bond acceptors (Lipinski definition) is 3. The maximum absolute atomic E-state index is 11.2. The molecule has 0 bridgehead atoms. The molecule has 0 unspecified atom stereocenters. The molecule has 0 amide bonds. The van der Waals surface area contributed by atoms with Gasteiger partial charge in [0.25, 0.3) is 0 Å². The molecule has 0 fully saturated rings. The average Bonchev–Trinajstić information content (AvgIpc) is 2.72. The summed E-state index contributed by atoms with van der Waals surface area (Å²) in [4.78, 5) is 25.3. The summed E-state index contributed by atoms with van der Waals surface area (Å²) in [5.41, 5.74) is 2.21. The van der Waals surface area contributed by atoms with E-state index >= 15 is 0 Å². The van der Waals surface area contributed by atoms with Crippen LogP contribution in [0.5, 0.6) is 0 Å². The molecule has 3 aromatic rings. The van der Waals surface area contributed by atoms with E-state index in [1.807, 2.05) is 6.07 Å². The summed E-state index contributed by atoms with van der Waals surface area (Å²) in [6.07, 6.45) is 3.38. The monoisotopic (exact) mass is 212 g/mol. The number of aromatic nitrogens is 4. The van der Waals surface area contributed by atoms with Gasteiger partial charge in [0.05, 0.1) is 22.9 Å². The second-order valence-electron chi connectivity index (χ2n) is 3.41. The molecule has 0 aliphatic carbocycles. The molecule has 16 heavy (non-hydrogen) atoms. The molecule has 0 saturated carbocycles. The van der Waals surface area contributed by atoms with Crippen molar-refractivity contribution >= 4 is 11.0 Å². The van der Waals surface area contributed by atoms with Crippen LogP contribution in [0.4, 0.5) is 0 Å². The van der Waals surface area contributed by atoms with Gasteiger partial charge in [0.2, 0.25) is 5.56 Å². The third kappa shape index (κ3) is 1.38. The van der Waals surface area contributed by atoms with Crippen LogP contribution in [0.15, 0.2) is 41.5 Å². The predicted molar refractivity (Wildman–Crippen MR) is 59.9 cm³/mol. The Balaban J connectivity index is 2.23. The van der Waals surface area contributed by atoms with Crippen LogP contribution in [0, 0.1) is 0 Å². The molecule has 5 nitrogen and oxygen atoms in total. The molecule has 2 N–H and O–H groups in total. The number of pyridine rings is 2. The Morgan fingerprint density at radius 1 is 1.12 bits per heavy atom. The van der Waals surface area contributed by atoms with Crippen LogP contribution in [0.1, 0.15) is 0 Å². The molecule has 3 heterocycles. The quantitative estimate of drug-likeness (QED) is 0.638. The van der Waals surface area contributed by atoms with Crippen molar-refractivity contribution in [1.29, 1.82) is 0 Å². The van der Waals surface area contributed by atoms with E-state index in [2.05, 4.69) is 19.9 Å². The molecule has 0 aromatic carbocycles. The number of nitrogens with one attached hydrogen (secondary N) is 2. The minimum atomic E-state index is -0.143. The summed E-state index contributed by atoms with van der Waals surface area (Å²) < 4.78 is 0. The number of H-pyrrole nitrogens is 2. The molecule has 0 radical (unpaired) electrons. The Labute approximate surface area is 90.2 Å². The van der Waals surface area contributed by atoms with Gasteiger partial charge in [0, 0.05) is 12.3 Å². The maximum Gasteiger partial charge on any atom is 0.248 e. The van der Waals surface area contributed by atoms with Crippen molar-refractivity contribution in [3.8, 4) is 11.5 Å². The Morgan fingerprint density at radius 2 is 2.06 bits per heavy atom. The summed E-state index contributed by atoms with van der Waals surface area (Å²) >= 11 is 0. The lowest BCUT2D eigenvalue weighted by Crippen LogP contribution is -2.03. The van der Waals surface area contributed by atoms with E-state index in [1.165, 1.54) is 6.07 Å². The first-order valence-corrected chi connectivity index (χ1v) is 4.82.